The first-order valence-corrected chi connectivity index (χ1v) is 8.16. The molecule has 0 unspecified atom stereocenters. The molecule has 3 nitrogen and oxygen atoms in total. The monoisotopic (exact) mass is 324 g/mol. The van der Waals surface area contributed by atoms with Gasteiger partial charge in [0, 0.05) is 24.5 Å². The first-order chi connectivity index (χ1) is 10.2. The normalized spacial score (nSPS) is 11.0. The van der Waals surface area contributed by atoms with Crippen LogP contribution in [0.2, 0.25) is 4.34 Å². The molecule has 0 aliphatic rings. The highest BCUT2D eigenvalue weighted by atomic mass is 35.5. The summed E-state index contributed by atoms with van der Waals surface area (Å²) in [6, 6.07) is 12.2. The van der Waals surface area contributed by atoms with Crippen molar-refractivity contribution < 1.29 is 4.74 Å². The van der Waals surface area contributed by atoms with E-state index in [9.17, 15) is 0 Å². The van der Waals surface area contributed by atoms with Crippen molar-refractivity contribution in [2.75, 3.05) is 27.2 Å². The zero-order valence-electron chi connectivity index (χ0n) is 12.4. The van der Waals surface area contributed by atoms with E-state index in [2.05, 4.69) is 35.5 Å². The van der Waals surface area contributed by atoms with Gasteiger partial charge in [-0.1, -0.05) is 23.7 Å². The third-order valence-electron chi connectivity index (χ3n) is 3.08. The molecule has 21 heavy (non-hydrogen) atoms. The third-order valence-corrected chi connectivity index (χ3v) is 4.29. The van der Waals surface area contributed by atoms with Crippen molar-refractivity contribution in [2.24, 2.45) is 0 Å². The highest BCUT2D eigenvalue weighted by molar-refractivity contribution is 7.16. The van der Waals surface area contributed by atoms with Gasteiger partial charge in [0.15, 0.2) is 0 Å². The molecule has 0 bridgehead atoms. The number of benzene rings is 1. The molecular formula is C16H21ClN2OS. The molecule has 114 valence electrons. The minimum atomic E-state index is 0.679. The lowest BCUT2D eigenvalue weighted by Gasteiger charge is -2.16. The molecule has 0 atom stereocenters. The van der Waals surface area contributed by atoms with Crippen molar-refractivity contribution in [1.29, 1.82) is 0 Å². The minimum absolute atomic E-state index is 0.679. The maximum atomic E-state index is 5.94. The van der Waals surface area contributed by atoms with E-state index in [-0.39, 0.29) is 0 Å². The number of rotatable bonds is 8. The summed E-state index contributed by atoms with van der Waals surface area (Å²) < 4.78 is 6.66. The van der Waals surface area contributed by atoms with Crippen LogP contribution in [0.1, 0.15) is 10.4 Å². The Bertz CT molecular complexity index is 559. The number of halogens is 1. The molecule has 0 aliphatic carbocycles. The van der Waals surface area contributed by atoms with Crippen molar-refractivity contribution in [3.05, 3.63) is 51.2 Å². The number of likely N-dealkylation sites (N-methyl/N-ethyl adjacent to an activating group) is 1. The number of nitrogens with zero attached hydrogens (tertiary/aromatic N) is 1. The predicted octanol–water partition coefficient (Wildman–Crippen LogP) is 3.63. The molecule has 0 saturated heterocycles. The van der Waals surface area contributed by atoms with Gasteiger partial charge in [-0.05, 0) is 43.9 Å². The van der Waals surface area contributed by atoms with Crippen LogP contribution >= 0.6 is 22.9 Å². The molecule has 1 aromatic carbocycles. The number of ether oxygens (including phenoxy) is 1. The number of hydrogen-bond acceptors (Lipinski definition) is 4. The van der Waals surface area contributed by atoms with E-state index in [1.165, 1.54) is 10.4 Å². The molecule has 0 aliphatic heterocycles. The molecule has 0 amide bonds. The fourth-order valence-corrected chi connectivity index (χ4v) is 3.22. The Kier molecular flexibility index (Phi) is 6.51. The first-order valence-electron chi connectivity index (χ1n) is 6.96. The molecule has 1 N–H and O–H groups in total. The van der Waals surface area contributed by atoms with Crippen LogP contribution in [-0.2, 0) is 13.1 Å². The van der Waals surface area contributed by atoms with E-state index in [0.29, 0.717) is 6.61 Å². The third kappa shape index (κ3) is 5.67. The van der Waals surface area contributed by atoms with Gasteiger partial charge in [0.05, 0.1) is 4.34 Å². The summed E-state index contributed by atoms with van der Waals surface area (Å²) in [6.07, 6.45) is 0. The van der Waals surface area contributed by atoms with Gasteiger partial charge in [-0.25, -0.2) is 0 Å². The Labute approximate surface area is 135 Å². The molecule has 5 heteroatoms. The van der Waals surface area contributed by atoms with Gasteiger partial charge in [0.2, 0.25) is 0 Å². The maximum absolute atomic E-state index is 5.94. The van der Waals surface area contributed by atoms with Crippen LogP contribution in [0.25, 0.3) is 0 Å². The zero-order valence-corrected chi connectivity index (χ0v) is 14.0. The van der Waals surface area contributed by atoms with Crippen molar-refractivity contribution in [2.45, 2.75) is 13.1 Å². The van der Waals surface area contributed by atoms with E-state index in [0.717, 1.165) is 29.7 Å². The maximum Gasteiger partial charge on any atom is 0.119 e. The van der Waals surface area contributed by atoms with E-state index in [4.69, 9.17) is 16.3 Å². The zero-order chi connectivity index (χ0) is 15.1. The second-order valence-corrected chi connectivity index (χ2v) is 6.77. The quantitative estimate of drug-likeness (QED) is 0.802. The van der Waals surface area contributed by atoms with Crippen LogP contribution in [0.5, 0.6) is 5.75 Å². The molecule has 0 fully saturated rings. The van der Waals surface area contributed by atoms with E-state index >= 15 is 0 Å². The average Bonchev–Trinajstić information content (AvgIpc) is 2.85. The first kappa shape index (κ1) is 16.3. The molecule has 0 spiro atoms. The van der Waals surface area contributed by atoms with Crippen LogP contribution in [0.15, 0.2) is 36.4 Å². The molecule has 1 heterocycles. The second-order valence-electron chi connectivity index (χ2n) is 4.97. The minimum Gasteiger partial charge on any atom is -0.492 e. The van der Waals surface area contributed by atoms with Crippen LogP contribution < -0.4 is 10.1 Å². The highest BCUT2D eigenvalue weighted by Crippen LogP contribution is 2.22. The molecule has 0 radical (unpaired) electrons. The number of nitrogens with one attached hydrogen (secondary N) is 1. The summed E-state index contributed by atoms with van der Waals surface area (Å²) in [7, 11) is 4.04. The summed E-state index contributed by atoms with van der Waals surface area (Å²) in [6.45, 7) is 3.32. The van der Waals surface area contributed by atoms with Crippen molar-refractivity contribution >= 4 is 22.9 Å². The smallest absolute Gasteiger partial charge is 0.119 e. The second kappa shape index (κ2) is 8.39. The Hall–Kier alpha value is -1.07. The molecule has 0 saturated carbocycles. The Morgan fingerprint density at radius 2 is 2.14 bits per heavy atom. The van der Waals surface area contributed by atoms with Crippen LogP contribution in [0.4, 0.5) is 0 Å². The number of hydrogen-bond donors (Lipinski definition) is 1. The van der Waals surface area contributed by atoms with E-state index in [1.807, 2.05) is 25.2 Å². The van der Waals surface area contributed by atoms with Gasteiger partial charge < -0.3 is 10.1 Å². The summed E-state index contributed by atoms with van der Waals surface area (Å²) in [5.41, 5.74) is 1.23. The van der Waals surface area contributed by atoms with Crippen LogP contribution in [-0.4, -0.2) is 32.1 Å². The molecule has 2 aromatic rings. The Morgan fingerprint density at radius 3 is 2.86 bits per heavy atom. The topological polar surface area (TPSA) is 24.5 Å². The lowest BCUT2D eigenvalue weighted by molar-refractivity contribution is 0.234. The summed E-state index contributed by atoms with van der Waals surface area (Å²) in [4.78, 5) is 3.51. The van der Waals surface area contributed by atoms with E-state index in [1.54, 1.807) is 11.3 Å². The molecular weight excluding hydrogens is 304 g/mol. The average molecular weight is 325 g/mol. The van der Waals surface area contributed by atoms with Crippen molar-refractivity contribution in [3.63, 3.8) is 0 Å². The fraction of sp³-hybridized carbons (Fsp3) is 0.375. The van der Waals surface area contributed by atoms with Gasteiger partial charge in [-0.3, -0.25) is 4.90 Å². The van der Waals surface area contributed by atoms with Crippen molar-refractivity contribution in [1.82, 2.24) is 10.2 Å². The number of thiophene rings is 1. The summed E-state index contributed by atoms with van der Waals surface area (Å²) in [5.74, 6) is 0.926. The highest BCUT2D eigenvalue weighted by Gasteiger charge is 2.04. The summed E-state index contributed by atoms with van der Waals surface area (Å²) in [5, 5.41) is 3.14. The van der Waals surface area contributed by atoms with Gasteiger partial charge >= 0.3 is 0 Å². The van der Waals surface area contributed by atoms with Gasteiger partial charge in [0.1, 0.15) is 12.4 Å². The standard InChI is InChI=1S/C16H21ClN2OS/c1-18-11-13-4-3-5-14(10-13)20-9-8-19(2)12-15-6-7-16(17)21-15/h3-7,10,18H,8-9,11-12H2,1-2H3. The predicted molar refractivity (Wildman–Crippen MR) is 90.4 cm³/mol. The SMILES string of the molecule is CNCc1cccc(OCCN(C)Cc2ccc(Cl)s2)c1. The van der Waals surface area contributed by atoms with Gasteiger partial charge in [-0.15, -0.1) is 11.3 Å². The van der Waals surface area contributed by atoms with Crippen LogP contribution in [0.3, 0.4) is 0 Å². The largest absolute Gasteiger partial charge is 0.492 e. The van der Waals surface area contributed by atoms with Crippen LogP contribution in [0, 0.1) is 0 Å². The summed E-state index contributed by atoms with van der Waals surface area (Å²) >= 11 is 7.57. The Morgan fingerprint density at radius 1 is 1.29 bits per heavy atom. The lowest BCUT2D eigenvalue weighted by Crippen LogP contribution is -2.23. The van der Waals surface area contributed by atoms with Gasteiger partial charge in [-0.2, -0.15) is 0 Å². The fourth-order valence-electron chi connectivity index (χ4n) is 2.05. The molecule has 2 rings (SSSR count). The Balaban J connectivity index is 1.74. The van der Waals surface area contributed by atoms with Crippen molar-refractivity contribution in [3.8, 4) is 5.75 Å². The molecule has 1 aromatic heterocycles. The van der Waals surface area contributed by atoms with Gasteiger partial charge in [0.25, 0.3) is 0 Å². The van der Waals surface area contributed by atoms with E-state index < -0.39 is 0 Å². The lowest BCUT2D eigenvalue weighted by atomic mass is 10.2.